The largest absolute Gasteiger partial charge is 0.497 e. The van der Waals surface area contributed by atoms with Gasteiger partial charge in [-0.25, -0.2) is 0 Å². The van der Waals surface area contributed by atoms with E-state index in [9.17, 15) is 0 Å². The van der Waals surface area contributed by atoms with E-state index in [1.807, 2.05) is 32.0 Å². The summed E-state index contributed by atoms with van der Waals surface area (Å²) in [5, 5.41) is 3.05. The highest BCUT2D eigenvalue weighted by Gasteiger charge is 1.97. The predicted molar refractivity (Wildman–Crippen MR) is 86.9 cm³/mol. The number of ether oxygens (including phenoxy) is 1. The Labute approximate surface area is 126 Å². The molecule has 1 aromatic carbocycles. The summed E-state index contributed by atoms with van der Waals surface area (Å²) in [6.07, 6.45) is 0.859. The first-order chi connectivity index (χ1) is 8.11. The van der Waals surface area contributed by atoms with Crippen molar-refractivity contribution in [2.75, 3.05) is 13.7 Å². The van der Waals surface area contributed by atoms with E-state index in [0.717, 1.165) is 12.2 Å². The van der Waals surface area contributed by atoms with E-state index in [1.54, 1.807) is 7.11 Å². The molecule has 0 saturated carbocycles. The zero-order valence-corrected chi connectivity index (χ0v) is 13.5. The second kappa shape index (κ2) is 9.02. The van der Waals surface area contributed by atoms with Gasteiger partial charge in [0.1, 0.15) is 5.75 Å². The minimum absolute atomic E-state index is 0. The summed E-state index contributed by atoms with van der Waals surface area (Å²) in [6.45, 7) is 4.74. The van der Waals surface area contributed by atoms with Crippen molar-refractivity contribution < 1.29 is 4.74 Å². The molecule has 0 atom stereocenters. The third-order valence-electron chi connectivity index (χ3n) is 2.25. The molecule has 0 radical (unpaired) electrons. The summed E-state index contributed by atoms with van der Waals surface area (Å²) >= 11 is 0. The van der Waals surface area contributed by atoms with Crippen LogP contribution < -0.4 is 15.8 Å². The Morgan fingerprint density at radius 1 is 1.44 bits per heavy atom. The van der Waals surface area contributed by atoms with Gasteiger partial charge >= 0.3 is 0 Å². The van der Waals surface area contributed by atoms with Gasteiger partial charge in [-0.05, 0) is 38.0 Å². The number of hydrogen-bond donors (Lipinski definition) is 2. The molecule has 0 unspecified atom stereocenters. The maximum absolute atomic E-state index is 5.71. The van der Waals surface area contributed by atoms with Crippen molar-refractivity contribution in [1.82, 2.24) is 5.32 Å². The monoisotopic (exact) mass is 363 g/mol. The molecule has 0 spiro atoms. The Hall–Kier alpha value is -0.980. The van der Waals surface area contributed by atoms with Gasteiger partial charge in [0.25, 0.3) is 0 Å². The highest BCUT2D eigenvalue weighted by Crippen LogP contribution is 2.12. The van der Waals surface area contributed by atoms with Crippen LogP contribution in [0.4, 0.5) is 0 Å². The van der Waals surface area contributed by atoms with Crippen LogP contribution in [0.15, 0.2) is 29.3 Å². The number of nitrogens with one attached hydrogen (secondary N) is 1. The third-order valence-corrected chi connectivity index (χ3v) is 2.25. The molecule has 0 fully saturated rings. The van der Waals surface area contributed by atoms with Gasteiger partial charge in [0.15, 0.2) is 5.96 Å². The molecule has 0 heterocycles. The molecule has 0 aliphatic rings. The highest BCUT2D eigenvalue weighted by atomic mass is 127. The van der Waals surface area contributed by atoms with Gasteiger partial charge in [0.2, 0.25) is 0 Å². The molecule has 0 aliphatic heterocycles. The van der Waals surface area contributed by atoms with E-state index in [-0.39, 0.29) is 24.0 Å². The molecular formula is C13H22IN3O. The van der Waals surface area contributed by atoms with E-state index in [4.69, 9.17) is 10.5 Å². The Bertz CT molecular complexity index is 380. The number of aliphatic imine (C=N–C) groups is 1. The van der Waals surface area contributed by atoms with Gasteiger partial charge in [-0.3, -0.25) is 4.99 Å². The fraction of sp³-hybridized carbons (Fsp3) is 0.462. The summed E-state index contributed by atoms with van der Waals surface area (Å²) in [7, 11) is 1.67. The summed E-state index contributed by atoms with van der Waals surface area (Å²) in [5.41, 5.74) is 6.91. The van der Waals surface area contributed by atoms with Crippen molar-refractivity contribution in [3.05, 3.63) is 29.8 Å². The van der Waals surface area contributed by atoms with Crippen LogP contribution in [-0.4, -0.2) is 25.7 Å². The van der Waals surface area contributed by atoms with Crippen molar-refractivity contribution in [3.8, 4) is 5.75 Å². The van der Waals surface area contributed by atoms with Crippen LogP contribution in [0.3, 0.4) is 0 Å². The number of benzene rings is 1. The Morgan fingerprint density at radius 3 is 2.78 bits per heavy atom. The topological polar surface area (TPSA) is 59.6 Å². The molecule has 102 valence electrons. The Kier molecular flexibility index (Phi) is 8.53. The number of halogens is 1. The molecule has 3 N–H and O–H groups in total. The minimum atomic E-state index is 0. The number of methoxy groups -OCH3 is 1. The van der Waals surface area contributed by atoms with Gasteiger partial charge in [0.05, 0.1) is 7.11 Å². The van der Waals surface area contributed by atoms with Crippen LogP contribution in [0.25, 0.3) is 0 Å². The van der Waals surface area contributed by atoms with Gasteiger partial charge in [0, 0.05) is 12.6 Å². The summed E-state index contributed by atoms with van der Waals surface area (Å²) in [4.78, 5) is 4.26. The van der Waals surface area contributed by atoms with Crippen LogP contribution in [-0.2, 0) is 6.42 Å². The average molecular weight is 363 g/mol. The Morgan fingerprint density at radius 2 is 2.17 bits per heavy atom. The number of nitrogens with zero attached hydrogens (tertiary/aromatic N) is 1. The SMILES string of the molecule is COc1cccc(CCN=C(N)NC(C)C)c1.I. The first-order valence-electron chi connectivity index (χ1n) is 5.81. The van der Waals surface area contributed by atoms with Gasteiger partial charge < -0.3 is 15.8 Å². The standard InChI is InChI=1S/C13H21N3O.HI/c1-10(2)16-13(14)15-8-7-11-5-4-6-12(9-11)17-3;/h4-6,9-10H,7-8H2,1-3H3,(H3,14,15,16);1H. The fourth-order valence-electron chi connectivity index (χ4n) is 1.47. The first-order valence-corrected chi connectivity index (χ1v) is 5.81. The molecule has 0 saturated heterocycles. The molecule has 1 aromatic rings. The third kappa shape index (κ3) is 6.68. The molecule has 18 heavy (non-hydrogen) atoms. The molecule has 1 rings (SSSR count). The zero-order chi connectivity index (χ0) is 12.7. The van der Waals surface area contributed by atoms with Crippen molar-refractivity contribution in [2.24, 2.45) is 10.7 Å². The van der Waals surface area contributed by atoms with Crippen molar-refractivity contribution in [1.29, 1.82) is 0 Å². The number of nitrogens with two attached hydrogens (primary N) is 1. The maximum Gasteiger partial charge on any atom is 0.188 e. The summed E-state index contributed by atoms with van der Waals surface area (Å²) in [5.74, 6) is 1.38. The molecule has 0 amide bonds. The fourth-order valence-corrected chi connectivity index (χ4v) is 1.47. The lowest BCUT2D eigenvalue weighted by atomic mass is 10.1. The molecule has 0 bridgehead atoms. The lowest BCUT2D eigenvalue weighted by molar-refractivity contribution is 0.414. The van der Waals surface area contributed by atoms with E-state index < -0.39 is 0 Å². The lowest BCUT2D eigenvalue weighted by Gasteiger charge is -2.08. The lowest BCUT2D eigenvalue weighted by Crippen LogP contribution is -2.36. The van der Waals surface area contributed by atoms with Gasteiger partial charge in [-0.1, -0.05) is 12.1 Å². The van der Waals surface area contributed by atoms with Crippen molar-refractivity contribution in [2.45, 2.75) is 26.3 Å². The molecule has 0 aromatic heterocycles. The molecular weight excluding hydrogens is 341 g/mol. The normalized spacial score (nSPS) is 11.0. The number of rotatable bonds is 5. The summed E-state index contributed by atoms with van der Waals surface area (Å²) in [6, 6.07) is 8.30. The number of guanidine groups is 1. The predicted octanol–water partition coefficient (Wildman–Crippen LogP) is 2.17. The van der Waals surface area contributed by atoms with Crippen LogP contribution in [0, 0.1) is 0 Å². The smallest absolute Gasteiger partial charge is 0.188 e. The van der Waals surface area contributed by atoms with Crippen LogP contribution in [0.1, 0.15) is 19.4 Å². The average Bonchev–Trinajstić information content (AvgIpc) is 2.28. The van der Waals surface area contributed by atoms with Crippen LogP contribution in [0.2, 0.25) is 0 Å². The van der Waals surface area contributed by atoms with Crippen LogP contribution >= 0.6 is 24.0 Å². The zero-order valence-electron chi connectivity index (χ0n) is 11.1. The Balaban J connectivity index is 0.00000289. The second-order valence-corrected chi connectivity index (χ2v) is 4.17. The summed E-state index contributed by atoms with van der Waals surface area (Å²) < 4.78 is 5.16. The molecule has 0 aliphatic carbocycles. The second-order valence-electron chi connectivity index (χ2n) is 4.17. The van der Waals surface area contributed by atoms with Gasteiger partial charge in [-0.2, -0.15) is 0 Å². The first kappa shape index (κ1) is 17.0. The minimum Gasteiger partial charge on any atom is -0.497 e. The maximum atomic E-state index is 5.71. The van der Waals surface area contributed by atoms with E-state index in [1.165, 1.54) is 5.56 Å². The van der Waals surface area contributed by atoms with E-state index >= 15 is 0 Å². The van der Waals surface area contributed by atoms with Crippen molar-refractivity contribution in [3.63, 3.8) is 0 Å². The highest BCUT2D eigenvalue weighted by molar-refractivity contribution is 14.0. The molecule has 4 nitrogen and oxygen atoms in total. The van der Waals surface area contributed by atoms with Crippen LogP contribution in [0.5, 0.6) is 5.75 Å². The quantitative estimate of drug-likeness (QED) is 0.479. The van der Waals surface area contributed by atoms with E-state index in [0.29, 0.717) is 18.5 Å². The van der Waals surface area contributed by atoms with Gasteiger partial charge in [-0.15, -0.1) is 24.0 Å². The number of hydrogen-bond acceptors (Lipinski definition) is 2. The molecule has 5 heteroatoms. The van der Waals surface area contributed by atoms with E-state index in [2.05, 4.69) is 16.4 Å². The van der Waals surface area contributed by atoms with Crippen molar-refractivity contribution >= 4 is 29.9 Å².